The number of aliphatic hydroxyl groups is 1. The van der Waals surface area contributed by atoms with E-state index in [2.05, 4.69) is 0 Å². The minimum absolute atomic E-state index is 0.151. The summed E-state index contributed by atoms with van der Waals surface area (Å²) in [6, 6.07) is 1.05. The van der Waals surface area contributed by atoms with E-state index in [0.29, 0.717) is 12.8 Å². The van der Waals surface area contributed by atoms with Crippen LogP contribution in [0.25, 0.3) is 0 Å². The maximum atomic E-state index is 14.1. The first-order chi connectivity index (χ1) is 13.4. The second-order valence-corrected chi connectivity index (χ2v) is 6.82. The average Bonchev–Trinajstić information content (AvgIpc) is 2.93. The fourth-order valence-corrected chi connectivity index (χ4v) is 3.08. The summed E-state index contributed by atoms with van der Waals surface area (Å²) in [5, 5.41) is 10.7. The molecule has 0 saturated carbocycles. The second kappa shape index (κ2) is 10.2. The van der Waals surface area contributed by atoms with Crippen molar-refractivity contribution in [2.45, 2.75) is 70.0 Å². The number of rotatable bonds is 11. The molecule has 4 atom stereocenters. The molecular formula is C18H28F2N2O6. The molecule has 0 radical (unpaired) electrons. The van der Waals surface area contributed by atoms with E-state index < -0.39 is 48.3 Å². The summed E-state index contributed by atoms with van der Waals surface area (Å²) < 4.78 is 45.7. The molecule has 1 aromatic heterocycles. The molecule has 1 aliphatic rings. The predicted molar refractivity (Wildman–Crippen MR) is 96.6 cm³/mol. The van der Waals surface area contributed by atoms with Crippen LogP contribution in [-0.2, 0) is 14.2 Å². The molecule has 0 amide bonds. The Morgan fingerprint density at radius 1 is 1.29 bits per heavy atom. The zero-order valence-corrected chi connectivity index (χ0v) is 16.1. The van der Waals surface area contributed by atoms with E-state index in [0.717, 1.165) is 29.7 Å². The molecule has 2 rings (SSSR count). The number of ether oxygens (including phenoxy) is 3. The highest BCUT2D eigenvalue weighted by atomic mass is 19.3. The molecule has 1 aromatic rings. The van der Waals surface area contributed by atoms with Crippen molar-refractivity contribution in [1.82, 2.24) is 9.55 Å². The number of hydrogen-bond donors (Lipinski definition) is 2. The third-order valence-electron chi connectivity index (χ3n) is 4.68. The van der Waals surface area contributed by atoms with E-state index in [9.17, 15) is 23.5 Å². The summed E-state index contributed by atoms with van der Waals surface area (Å²) in [4.78, 5) is 25.4. The van der Waals surface area contributed by atoms with Crippen molar-refractivity contribution in [2.75, 3.05) is 19.8 Å². The van der Waals surface area contributed by atoms with Gasteiger partial charge < -0.3 is 19.3 Å². The molecule has 1 fully saturated rings. The van der Waals surface area contributed by atoms with E-state index in [1.165, 1.54) is 0 Å². The molecule has 0 aromatic carbocycles. The lowest BCUT2D eigenvalue weighted by Gasteiger charge is -2.33. The smallest absolute Gasteiger partial charge is 0.330 e. The van der Waals surface area contributed by atoms with Gasteiger partial charge in [-0.15, -0.1) is 0 Å². The molecule has 10 heteroatoms. The molecule has 0 spiro atoms. The van der Waals surface area contributed by atoms with Crippen molar-refractivity contribution in [3.63, 3.8) is 0 Å². The van der Waals surface area contributed by atoms with E-state index >= 15 is 0 Å². The van der Waals surface area contributed by atoms with Crippen LogP contribution in [0.5, 0.6) is 0 Å². The summed E-state index contributed by atoms with van der Waals surface area (Å²) in [6.07, 6.45) is -3.42. The fraction of sp³-hybridized carbons (Fsp3) is 0.778. The number of aliphatic hydroxyl groups excluding tert-OH is 1. The maximum absolute atomic E-state index is 14.1. The van der Waals surface area contributed by atoms with Crippen LogP contribution < -0.4 is 11.2 Å². The van der Waals surface area contributed by atoms with Crippen LogP contribution in [0, 0.1) is 0 Å². The van der Waals surface area contributed by atoms with Gasteiger partial charge in [-0.2, -0.15) is 0 Å². The molecular weight excluding hydrogens is 378 g/mol. The Bertz CT molecular complexity index is 725. The molecule has 1 aliphatic heterocycles. The lowest BCUT2D eigenvalue weighted by Crippen LogP contribution is -2.54. The van der Waals surface area contributed by atoms with Crippen LogP contribution in [0.3, 0.4) is 0 Å². The monoisotopic (exact) mass is 406 g/mol. The van der Waals surface area contributed by atoms with Gasteiger partial charge >= 0.3 is 5.69 Å². The summed E-state index contributed by atoms with van der Waals surface area (Å²) in [6.45, 7) is 3.78. The Labute approximate surface area is 161 Å². The summed E-state index contributed by atoms with van der Waals surface area (Å²) in [5.41, 5.74) is -3.76. The third kappa shape index (κ3) is 4.86. The zero-order chi connectivity index (χ0) is 20.7. The van der Waals surface area contributed by atoms with Gasteiger partial charge in [0.15, 0.2) is 11.8 Å². The van der Waals surface area contributed by atoms with Gasteiger partial charge in [-0.25, -0.2) is 13.6 Å². The van der Waals surface area contributed by atoms with Crippen LogP contribution >= 0.6 is 0 Å². The number of aromatic nitrogens is 2. The summed E-state index contributed by atoms with van der Waals surface area (Å²) in [5.74, 6) is 0. The topological polar surface area (TPSA) is 103 Å². The van der Waals surface area contributed by atoms with Crippen molar-refractivity contribution < 1.29 is 28.1 Å². The molecule has 8 nitrogen and oxygen atoms in total. The van der Waals surface area contributed by atoms with Crippen LogP contribution in [-0.4, -0.2) is 58.7 Å². The molecule has 2 N–H and O–H groups in total. The SMILES string of the molecule is CCCCOC[C@@]1(C(F)F)O[C@@H](n2ccc(=O)[nH]c2=O)[C@@H](O)[C@@H]1OCCCC. The number of alkyl halides is 2. The number of hydrogen-bond acceptors (Lipinski definition) is 6. The minimum atomic E-state index is -3.03. The van der Waals surface area contributed by atoms with Gasteiger partial charge in [0, 0.05) is 25.5 Å². The third-order valence-corrected chi connectivity index (χ3v) is 4.68. The standard InChI is InChI=1S/C18H28F2N2O6/c1-3-5-9-26-11-18(16(19)20)14(27-10-6-4-2)13(24)15(28-18)22-8-7-12(23)21-17(22)25/h7-8,13-16,24H,3-6,9-11H2,1-2H3,(H,21,23,25)/t13-,14-,15+,18+/m0/s1. The van der Waals surface area contributed by atoms with Crippen molar-refractivity contribution in [3.05, 3.63) is 33.1 Å². The van der Waals surface area contributed by atoms with Gasteiger partial charge in [-0.1, -0.05) is 26.7 Å². The Morgan fingerprint density at radius 2 is 1.96 bits per heavy atom. The Kier molecular flexibility index (Phi) is 8.29. The Morgan fingerprint density at radius 3 is 2.57 bits per heavy atom. The number of nitrogens with zero attached hydrogens (tertiary/aromatic N) is 1. The Balaban J connectivity index is 2.35. The molecule has 160 valence electrons. The first-order valence-corrected chi connectivity index (χ1v) is 9.52. The number of nitrogens with one attached hydrogen (secondary N) is 1. The molecule has 28 heavy (non-hydrogen) atoms. The molecule has 2 heterocycles. The van der Waals surface area contributed by atoms with Crippen molar-refractivity contribution in [2.24, 2.45) is 0 Å². The first kappa shape index (κ1) is 22.7. The zero-order valence-electron chi connectivity index (χ0n) is 16.1. The van der Waals surface area contributed by atoms with Gasteiger partial charge in [0.05, 0.1) is 6.61 Å². The number of unbranched alkanes of at least 4 members (excludes halogenated alkanes) is 2. The van der Waals surface area contributed by atoms with Gasteiger partial charge in [-0.05, 0) is 12.8 Å². The van der Waals surface area contributed by atoms with Crippen molar-refractivity contribution in [1.29, 1.82) is 0 Å². The van der Waals surface area contributed by atoms with Crippen LogP contribution in [0.15, 0.2) is 21.9 Å². The maximum Gasteiger partial charge on any atom is 0.330 e. The second-order valence-electron chi connectivity index (χ2n) is 6.82. The van der Waals surface area contributed by atoms with Gasteiger partial charge in [0.1, 0.15) is 12.2 Å². The summed E-state index contributed by atoms with van der Waals surface area (Å²) in [7, 11) is 0. The van der Waals surface area contributed by atoms with E-state index in [1.807, 2.05) is 18.8 Å². The lowest BCUT2D eigenvalue weighted by molar-refractivity contribution is -0.212. The quantitative estimate of drug-likeness (QED) is 0.539. The van der Waals surface area contributed by atoms with E-state index in [4.69, 9.17) is 14.2 Å². The van der Waals surface area contributed by atoms with Crippen LogP contribution in [0.1, 0.15) is 45.8 Å². The Hall–Kier alpha value is -1.62. The van der Waals surface area contributed by atoms with Gasteiger partial charge in [-0.3, -0.25) is 14.3 Å². The van der Waals surface area contributed by atoms with Gasteiger partial charge in [0.2, 0.25) is 0 Å². The minimum Gasteiger partial charge on any atom is -0.386 e. The highest BCUT2D eigenvalue weighted by Gasteiger charge is 2.62. The van der Waals surface area contributed by atoms with E-state index in [1.54, 1.807) is 0 Å². The molecule has 0 unspecified atom stereocenters. The van der Waals surface area contributed by atoms with Crippen LogP contribution in [0.2, 0.25) is 0 Å². The van der Waals surface area contributed by atoms with E-state index in [-0.39, 0.29) is 13.2 Å². The number of aromatic amines is 1. The van der Waals surface area contributed by atoms with Crippen molar-refractivity contribution >= 4 is 0 Å². The first-order valence-electron chi connectivity index (χ1n) is 9.52. The molecule has 1 saturated heterocycles. The fourth-order valence-electron chi connectivity index (χ4n) is 3.08. The summed E-state index contributed by atoms with van der Waals surface area (Å²) >= 11 is 0. The molecule has 0 aliphatic carbocycles. The number of halogens is 2. The predicted octanol–water partition coefficient (Wildman–Crippen LogP) is 1.43. The van der Waals surface area contributed by atoms with Crippen LogP contribution in [0.4, 0.5) is 8.78 Å². The average molecular weight is 406 g/mol. The van der Waals surface area contributed by atoms with Crippen molar-refractivity contribution in [3.8, 4) is 0 Å². The van der Waals surface area contributed by atoms with Gasteiger partial charge in [0.25, 0.3) is 12.0 Å². The lowest BCUT2D eigenvalue weighted by atomic mass is 9.96. The number of H-pyrrole nitrogens is 1. The highest BCUT2D eigenvalue weighted by Crippen LogP contribution is 2.42. The highest BCUT2D eigenvalue weighted by molar-refractivity contribution is 5.05. The normalized spacial score (nSPS) is 27.6. The largest absolute Gasteiger partial charge is 0.386 e. The molecule has 0 bridgehead atoms.